The van der Waals surface area contributed by atoms with Crippen LogP contribution in [-0.2, 0) is 10.0 Å². The van der Waals surface area contributed by atoms with E-state index in [4.69, 9.17) is 5.11 Å². The molecule has 0 spiro atoms. The predicted octanol–water partition coefficient (Wildman–Crippen LogP) is 3.06. The maximum Gasteiger partial charge on any atom is 0.405 e. The zero-order chi connectivity index (χ0) is 23.4. The number of fused-ring (bicyclic) bond motifs is 3. The van der Waals surface area contributed by atoms with Crippen molar-refractivity contribution in [3.8, 4) is 0 Å². The maximum absolute atomic E-state index is 13.2. The van der Waals surface area contributed by atoms with Crippen LogP contribution in [0, 0.1) is 0 Å². The van der Waals surface area contributed by atoms with Gasteiger partial charge >= 0.3 is 11.8 Å². The third-order valence-corrected chi connectivity index (χ3v) is 8.17. The number of hydrogen-bond donors (Lipinski definition) is 3. The fourth-order valence-corrected chi connectivity index (χ4v) is 6.13. The van der Waals surface area contributed by atoms with Crippen LogP contribution in [0.3, 0.4) is 0 Å². The van der Waals surface area contributed by atoms with Crippen molar-refractivity contribution in [1.82, 2.24) is 23.8 Å². The van der Waals surface area contributed by atoms with Crippen molar-refractivity contribution in [3.63, 3.8) is 0 Å². The van der Waals surface area contributed by atoms with Crippen LogP contribution in [0.5, 0.6) is 0 Å². The topological polar surface area (TPSA) is 139 Å². The van der Waals surface area contributed by atoms with Crippen molar-refractivity contribution in [2.45, 2.75) is 49.1 Å². The van der Waals surface area contributed by atoms with Crippen LogP contribution in [-0.4, -0.2) is 43.7 Å². The maximum atomic E-state index is 13.2. The number of imidazole rings is 1. The van der Waals surface area contributed by atoms with Crippen LogP contribution >= 0.6 is 0 Å². The molecule has 172 valence electrons. The average molecular weight is 470 g/mol. The molecule has 0 saturated heterocycles. The number of H-pyrrole nitrogens is 1. The molecule has 1 fully saturated rings. The quantitative estimate of drug-likeness (QED) is 0.420. The molecule has 10 nitrogen and oxygen atoms in total. The first-order valence-electron chi connectivity index (χ1n) is 10.6. The highest BCUT2D eigenvalue weighted by molar-refractivity contribution is 7.90. The minimum Gasteiger partial charge on any atom is -0.465 e. The number of aromatic amines is 1. The zero-order valence-electron chi connectivity index (χ0n) is 17.9. The summed E-state index contributed by atoms with van der Waals surface area (Å²) in [5.41, 5.74) is 0.540. The lowest BCUT2D eigenvalue weighted by molar-refractivity contribution is 0.158. The van der Waals surface area contributed by atoms with Crippen molar-refractivity contribution in [3.05, 3.63) is 59.3 Å². The van der Waals surface area contributed by atoms with Crippen molar-refractivity contribution >= 4 is 38.2 Å². The lowest BCUT2D eigenvalue weighted by Crippen LogP contribution is -2.48. The van der Waals surface area contributed by atoms with E-state index >= 15 is 0 Å². The largest absolute Gasteiger partial charge is 0.465 e. The Morgan fingerprint density at radius 1 is 1.21 bits per heavy atom. The van der Waals surface area contributed by atoms with E-state index in [9.17, 15) is 18.0 Å². The van der Waals surface area contributed by atoms with E-state index in [1.54, 1.807) is 28.8 Å². The number of benzene rings is 1. The van der Waals surface area contributed by atoms with Gasteiger partial charge in [0.2, 0.25) is 0 Å². The van der Waals surface area contributed by atoms with Crippen LogP contribution in [0.15, 0.2) is 58.5 Å². The summed E-state index contributed by atoms with van der Waals surface area (Å²) in [5.74, 6) is 0. The van der Waals surface area contributed by atoms with Gasteiger partial charge in [-0.2, -0.15) is 0 Å². The van der Waals surface area contributed by atoms with Gasteiger partial charge in [-0.3, -0.25) is 4.57 Å². The Labute approximate surface area is 188 Å². The van der Waals surface area contributed by atoms with E-state index in [2.05, 4.69) is 15.3 Å². The van der Waals surface area contributed by atoms with Gasteiger partial charge in [-0.15, -0.1) is 0 Å². The van der Waals surface area contributed by atoms with Gasteiger partial charge in [0.1, 0.15) is 0 Å². The molecule has 0 unspecified atom stereocenters. The molecule has 3 aromatic heterocycles. The van der Waals surface area contributed by atoms with Crippen molar-refractivity contribution in [2.24, 2.45) is 0 Å². The molecule has 11 heteroatoms. The summed E-state index contributed by atoms with van der Waals surface area (Å²) >= 11 is 0. The van der Waals surface area contributed by atoms with E-state index in [1.807, 2.05) is 6.92 Å². The SMILES string of the molecule is CC1(NC(=O)O)CCC(n2c(=O)[nH]c3cnc4c(ccn4S(=O)(=O)c4ccccc4)c32)CC1. The van der Waals surface area contributed by atoms with Crippen molar-refractivity contribution in [1.29, 1.82) is 0 Å². The van der Waals surface area contributed by atoms with Gasteiger partial charge in [0.05, 0.1) is 22.1 Å². The van der Waals surface area contributed by atoms with Crippen LogP contribution < -0.4 is 11.0 Å². The fraction of sp³-hybridized carbons (Fsp3) is 0.318. The molecule has 33 heavy (non-hydrogen) atoms. The van der Waals surface area contributed by atoms with Gasteiger partial charge < -0.3 is 15.4 Å². The molecule has 1 saturated carbocycles. The van der Waals surface area contributed by atoms with E-state index in [1.165, 1.54) is 24.5 Å². The fourth-order valence-electron chi connectivity index (χ4n) is 4.81. The number of nitrogens with one attached hydrogen (secondary N) is 2. The van der Waals surface area contributed by atoms with E-state index in [0.29, 0.717) is 42.1 Å². The molecule has 1 aromatic carbocycles. The van der Waals surface area contributed by atoms with Crippen LogP contribution in [0.4, 0.5) is 4.79 Å². The lowest BCUT2D eigenvalue weighted by Gasteiger charge is -2.37. The summed E-state index contributed by atoms with van der Waals surface area (Å²) in [6.45, 7) is 1.87. The Balaban J connectivity index is 1.60. The van der Waals surface area contributed by atoms with Crippen LogP contribution in [0.25, 0.3) is 22.1 Å². The van der Waals surface area contributed by atoms with Gasteiger partial charge in [0, 0.05) is 23.2 Å². The summed E-state index contributed by atoms with van der Waals surface area (Å²) in [5, 5.41) is 12.2. The molecule has 1 amide bonds. The molecule has 5 rings (SSSR count). The molecular formula is C22H23N5O5S. The number of pyridine rings is 1. The number of carboxylic acid groups (broad SMARTS) is 1. The number of hydrogen-bond acceptors (Lipinski definition) is 5. The second-order valence-electron chi connectivity index (χ2n) is 8.71. The molecule has 0 atom stereocenters. The molecular weight excluding hydrogens is 446 g/mol. The molecule has 0 bridgehead atoms. The monoisotopic (exact) mass is 469 g/mol. The number of rotatable bonds is 4. The first kappa shape index (κ1) is 21.3. The molecule has 4 aromatic rings. The minimum absolute atomic E-state index is 0.144. The number of nitrogens with zero attached hydrogens (tertiary/aromatic N) is 3. The first-order chi connectivity index (χ1) is 15.7. The van der Waals surface area contributed by atoms with Crippen molar-refractivity contribution in [2.75, 3.05) is 0 Å². The summed E-state index contributed by atoms with van der Waals surface area (Å²) < 4.78 is 29.2. The summed E-state index contributed by atoms with van der Waals surface area (Å²) in [6, 6.07) is 9.62. The summed E-state index contributed by atoms with van der Waals surface area (Å²) in [4.78, 5) is 31.3. The number of amides is 1. The van der Waals surface area contributed by atoms with E-state index in [-0.39, 0.29) is 22.3 Å². The smallest absolute Gasteiger partial charge is 0.405 e. The Morgan fingerprint density at radius 2 is 1.91 bits per heavy atom. The lowest BCUT2D eigenvalue weighted by atomic mass is 9.80. The molecule has 0 aliphatic heterocycles. The third kappa shape index (κ3) is 3.48. The average Bonchev–Trinajstić information content (AvgIpc) is 3.35. The second-order valence-corrected chi connectivity index (χ2v) is 10.5. The molecule has 3 N–H and O–H groups in total. The molecule has 1 aliphatic carbocycles. The normalized spacial score (nSPS) is 21.4. The van der Waals surface area contributed by atoms with Gasteiger partial charge in [0.25, 0.3) is 10.0 Å². The highest BCUT2D eigenvalue weighted by Crippen LogP contribution is 2.37. The Bertz CT molecular complexity index is 1530. The highest BCUT2D eigenvalue weighted by Gasteiger charge is 2.34. The molecule has 0 radical (unpaired) electrons. The predicted molar refractivity (Wildman–Crippen MR) is 122 cm³/mol. The van der Waals surface area contributed by atoms with Gasteiger partial charge in [-0.05, 0) is 50.8 Å². The Hall–Kier alpha value is -3.60. The van der Waals surface area contributed by atoms with Crippen molar-refractivity contribution < 1.29 is 18.3 Å². The van der Waals surface area contributed by atoms with E-state index < -0.39 is 21.7 Å². The minimum atomic E-state index is -3.86. The van der Waals surface area contributed by atoms with Gasteiger partial charge in [0.15, 0.2) is 5.65 Å². The number of carbonyl (C=O) groups is 1. The van der Waals surface area contributed by atoms with Gasteiger partial charge in [-0.1, -0.05) is 18.2 Å². The summed E-state index contributed by atoms with van der Waals surface area (Å²) in [6.07, 6.45) is 4.25. The first-order valence-corrected chi connectivity index (χ1v) is 12.1. The third-order valence-electron chi connectivity index (χ3n) is 6.49. The number of aromatic nitrogens is 4. The van der Waals surface area contributed by atoms with Crippen LogP contribution in [0.1, 0.15) is 38.6 Å². The molecule has 3 heterocycles. The second kappa shape index (κ2) is 7.48. The Kier molecular flexibility index (Phi) is 4.82. The van der Waals surface area contributed by atoms with Gasteiger partial charge in [-0.25, -0.2) is 27.0 Å². The standard InChI is InChI=1S/C22H23N5O5S/c1-22(25-21(29)30)10-7-14(8-11-22)27-18-16-9-12-26(19(16)23-13-17(18)24-20(27)28)33(31,32)15-5-3-2-4-6-15/h2-6,9,12-14,25H,7-8,10-11H2,1H3,(H,24,28)(H,29,30). The summed E-state index contributed by atoms with van der Waals surface area (Å²) in [7, 11) is -3.86. The highest BCUT2D eigenvalue weighted by atomic mass is 32.2. The van der Waals surface area contributed by atoms with E-state index in [0.717, 1.165) is 3.97 Å². The zero-order valence-corrected chi connectivity index (χ0v) is 18.7. The Morgan fingerprint density at radius 3 is 2.58 bits per heavy atom. The van der Waals surface area contributed by atoms with Crippen LogP contribution in [0.2, 0.25) is 0 Å². The molecule has 1 aliphatic rings.